The Morgan fingerprint density at radius 2 is 1.90 bits per heavy atom. The molecular weight excluding hydrogens is 353 g/mol. The van der Waals surface area contributed by atoms with Crippen molar-refractivity contribution >= 4 is 33.2 Å². The highest BCUT2D eigenvalue weighted by atomic mass is 79.9. The van der Waals surface area contributed by atoms with E-state index in [1.54, 1.807) is 6.07 Å². The van der Waals surface area contributed by atoms with Gasteiger partial charge in [-0.05, 0) is 64.7 Å². The van der Waals surface area contributed by atoms with Crippen molar-refractivity contribution in [2.75, 3.05) is 5.32 Å². The van der Waals surface area contributed by atoms with E-state index < -0.39 is 0 Å². The standard InChI is InChI=1S/C17H18BrClFN/c1-3-4-16(12-5-7-13(19)8-6-12)21-17-10-14(18)15(20)9-11(17)2/h5-10,16,21H,3-4H2,1-2H3. The van der Waals surface area contributed by atoms with Gasteiger partial charge in [-0.3, -0.25) is 0 Å². The van der Waals surface area contributed by atoms with E-state index >= 15 is 0 Å². The van der Waals surface area contributed by atoms with Crippen LogP contribution in [0.15, 0.2) is 40.9 Å². The Morgan fingerprint density at radius 1 is 1.24 bits per heavy atom. The van der Waals surface area contributed by atoms with Crippen LogP contribution >= 0.6 is 27.5 Å². The third-order valence-corrected chi connectivity index (χ3v) is 4.31. The highest BCUT2D eigenvalue weighted by Crippen LogP contribution is 2.30. The summed E-state index contributed by atoms with van der Waals surface area (Å²) in [4.78, 5) is 0. The van der Waals surface area contributed by atoms with E-state index in [4.69, 9.17) is 11.6 Å². The van der Waals surface area contributed by atoms with Crippen LogP contribution in [0.25, 0.3) is 0 Å². The van der Waals surface area contributed by atoms with Crippen molar-refractivity contribution in [3.05, 3.63) is 62.8 Å². The van der Waals surface area contributed by atoms with E-state index in [2.05, 4.69) is 28.2 Å². The normalized spacial score (nSPS) is 12.2. The van der Waals surface area contributed by atoms with Gasteiger partial charge >= 0.3 is 0 Å². The Balaban J connectivity index is 2.28. The van der Waals surface area contributed by atoms with E-state index in [0.29, 0.717) is 4.47 Å². The van der Waals surface area contributed by atoms with Gasteiger partial charge < -0.3 is 5.32 Å². The van der Waals surface area contributed by atoms with Crippen molar-refractivity contribution < 1.29 is 4.39 Å². The Morgan fingerprint density at radius 3 is 2.52 bits per heavy atom. The molecule has 21 heavy (non-hydrogen) atoms. The molecule has 1 nitrogen and oxygen atoms in total. The molecule has 112 valence electrons. The maximum atomic E-state index is 13.5. The summed E-state index contributed by atoms with van der Waals surface area (Å²) in [6.07, 6.45) is 2.05. The molecule has 4 heteroatoms. The highest BCUT2D eigenvalue weighted by Gasteiger charge is 2.13. The van der Waals surface area contributed by atoms with Gasteiger partial charge in [0.25, 0.3) is 0 Å². The van der Waals surface area contributed by atoms with Crippen molar-refractivity contribution in [3.8, 4) is 0 Å². The molecule has 0 aliphatic heterocycles. The van der Waals surface area contributed by atoms with E-state index in [-0.39, 0.29) is 11.9 Å². The monoisotopic (exact) mass is 369 g/mol. The van der Waals surface area contributed by atoms with Crippen LogP contribution in [0, 0.1) is 12.7 Å². The second-order valence-corrected chi connectivity index (χ2v) is 6.41. The van der Waals surface area contributed by atoms with Crippen molar-refractivity contribution in [2.45, 2.75) is 32.7 Å². The largest absolute Gasteiger partial charge is 0.378 e. The van der Waals surface area contributed by atoms with Gasteiger partial charge in [0.1, 0.15) is 5.82 Å². The van der Waals surface area contributed by atoms with Crippen molar-refractivity contribution in [1.82, 2.24) is 0 Å². The molecule has 0 spiro atoms. The van der Waals surface area contributed by atoms with Crippen LogP contribution in [0.5, 0.6) is 0 Å². The lowest BCUT2D eigenvalue weighted by Crippen LogP contribution is -2.11. The van der Waals surface area contributed by atoms with Gasteiger partial charge in [-0.25, -0.2) is 4.39 Å². The Labute approximate surface area is 138 Å². The zero-order valence-electron chi connectivity index (χ0n) is 12.1. The SMILES string of the molecule is CCCC(Nc1cc(Br)c(F)cc1C)c1ccc(Cl)cc1. The Kier molecular flexibility index (Phi) is 5.65. The first-order valence-corrected chi connectivity index (χ1v) is 8.16. The zero-order chi connectivity index (χ0) is 15.4. The zero-order valence-corrected chi connectivity index (χ0v) is 14.4. The van der Waals surface area contributed by atoms with E-state index in [1.165, 1.54) is 11.6 Å². The molecule has 0 aliphatic carbocycles. The smallest absolute Gasteiger partial charge is 0.137 e. The van der Waals surface area contributed by atoms with Gasteiger partial charge in [0.05, 0.1) is 10.5 Å². The van der Waals surface area contributed by atoms with E-state index in [9.17, 15) is 4.39 Å². The average molecular weight is 371 g/mol. The van der Waals surface area contributed by atoms with Gasteiger partial charge in [0.15, 0.2) is 0 Å². The molecule has 0 heterocycles. The van der Waals surface area contributed by atoms with Crippen molar-refractivity contribution in [1.29, 1.82) is 0 Å². The van der Waals surface area contributed by atoms with E-state index in [0.717, 1.165) is 29.1 Å². The highest BCUT2D eigenvalue weighted by molar-refractivity contribution is 9.10. The number of benzene rings is 2. The van der Waals surface area contributed by atoms with Crippen molar-refractivity contribution in [3.63, 3.8) is 0 Å². The average Bonchev–Trinajstić information content (AvgIpc) is 2.45. The van der Waals surface area contributed by atoms with Crippen LogP contribution in [-0.2, 0) is 0 Å². The van der Waals surface area contributed by atoms with Crippen LogP contribution in [0.1, 0.15) is 36.9 Å². The number of halogens is 3. The summed E-state index contributed by atoms with van der Waals surface area (Å²) in [5.74, 6) is -0.239. The predicted molar refractivity (Wildman–Crippen MR) is 91.6 cm³/mol. The second-order valence-electron chi connectivity index (χ2n) is 5.12. The maximum absolute atomic E-state index is 13.5. The van der Waals surface area contributed by atoms with Crippen LogP contribution in [-0.4, -0.2) is 0 Å². The number of nitrogens with one attached hydrogen (secondary N) is 1. The van der Waals surface area contributed by atoms with Crippen molar-refractivity contribution in [2.24, 2.45) is 0 Å². The fourth-order valence-electron chi connectivity index (χ4n) is 2.30. The van der Waals surface area contributed by atoms with Gasteiger partial charge in [0.2, 0.25) is 0 Å². The lowest BCUT2D eigenvalue weighted by Gasteiger charge is -2.21. The minimum absolute atomic E-state index is 0.184. The summed E-state index contributed by atoms with van der Waals surface area (Å²) in [6.45, 7) is 4.06. The molecule has 0 radical (unpaired) electrons. The molecule has 2 aromatic rings. The summed E-state index contributed by atoms with van der Waals surface area (Å²) in [5, 5.41) is 4.24. The minimum atomic E-state index is -0.239. The first-order valence-electron chi connectivity index (χ1n) is 6.99. The lowest BCUT2D eigenvalue weighted by molar-refractivity contribution is 0.619. The fraction of sp³-hybridized carbons (Fsp3) is 0.294. The van der Waals surface area contributed by atoms with Crippen LogP contribution < -0.4 is 5.32 Å². The molecule has 0 saturated carbocycles. The first kappa shape index (κ1) is 16.3. The van der Waals surface area contributed by atoms with Crippen LogP contribution in [0.4, 0.5) is 10.1 Å². The summed E-state index contributed by atoms with van der Waals surface area (Å²) in [6, 6.07) is 11.4. The predicted octanol–water partition coefficient (Wildman–Crippen LogP) is 6.50. The van der Waals surface area contributed by atoms with Gasteiger partial charge in [-0.15, -0.1) is 0 Å². The maximum Gasteiger partial charge on any atom is 0.137 e. The molecule has 0 bridgehead atoms. The molecule has 0 aromatic heterocycles. The molecule has 0 aliphatic rings. The minimum Gasteiger partial charge on any atom is -0.378 e. The van der Waals surface area contributed by atoms with E-state index in [1.807, 2.05) is 31.2 Å². The lowest BCUT2D eigenvalue weighted by atomic mass is 10.0. The number of anilines is 1. The molecule has 1 atom stereocenters. The summed E-state index contributed by atoms with van der Waals surface area (Å²) >= 11 is 9.19. The molecule has 1 unspecified atom stereocenters. The molecule has 2 rings (SSSR count). The number of aryl methyl sites for hydroxylation is 1. The van der Waals surface area contributed by atoms with Crippen LogP contribution in [0.3, 0.4) is 0 Å². The summed E-state index contributed by atoms with van der Waals surface area (Å²) in [5.41, 5.74) is 3.02. The molecule has 1 N–H and O–H groups in total. The van der Waals surface area contributed by atoms with Gasteiger partial charge in [-0.2, -0.15) is 0 Å². The topological polar surface area (TPSA) is 12.0 Å². The molecule has 0 amide bonds. The van der Waals surface area contributed by atoms with Gasteiger partial charge in [0, 0.05) is 10.7 Å². The summed E-state index contributed by atoms with van der Waals surface area (Å²) < 4.78 is 14.0. The third-order valence-electron chi connectivity index (χ3n) is 3.45. The quantitative estimate of drug-likeness (QED) is 0.633. The summed E-state index contributed by atoms with van der Waals surface area (Å²) in [7, 11) is 0. The number of rotatable bonds is 5. The third kappa shape index (κ3) is 4.21. The number of hydrogen-bond donors (Lipinski definition) is 1. The molecule has 0 fully saturated rings. The molecule has 0 saturated heterocycles. The molecule has 2 aromatic carbocycles. The Hall–Kier alpha value is -1.06. The molecular formula is C17H18BrClFN. The Bertz CT molecular complexity index is 613. The number of hydrogen-bond acceptors (Lipinski definition) is 1. The fourth-order valence-corrected chi connectivity index (χ4v) is 2.76. The van der Waals surface area contributed by atoms with Crippen LogP contribution in [0.2, 0.25) is 5.02 Å². The second kappa shape index (κ2) is 7.28. The first-order chi connectivity index (χ1) is 10.0. The van der Waals surface area contributed by atoms with Gasteiger partial charge in [-0.1, -0.05) is 37.1 Å².